The van der Waals surface area contributed by atoms with Crippen LogP contribution in [0.25, 0.3) is 0 Å². The van der Waals surface area contributed by atoms with Crippen molar-refractivity contribution < 1.29 is 24.6 Å². The third-order valence-electron chi connectivity index (χ3n) is 5.99. The number of hydrogen-bond donors (Lipinski definition) is 3. The van der Waals surface area contributed by atoms with Gasteiger partial charge in [-0.15, -0.1) is 0 Å². The largest absolute Gasteiger partial charge is 0.481 e. The minimum atomic E-state index is -0.780. The Morgan fingerprint density at radius 3 is 2.03 bits per heavy atom. The third kappa shape index (κ3) is 22.3. The van der Waals surface area contributed by atoms with Crippen LogP contribution in [-0.2, 0) is 14.4 Å². The lowest BCUT2D eigenvalue weighted by atomic mass is 10.0. The Bertz CT molecular complexity index is 595. The number of nitrogens with zero attached hydrogens (tertiary/aromatic N) is 2. The molecule has 0 saturated heterocycles. The van der Waals surface area contributed by atoms with Crippen molar-refractivity contribution in [2.45, 2.75) is 116 Å². The van der Waals surface area contributed by atoms with Crippen molar-refractivity contribution in [2.75, 3.05) is 27.2 Å². The molecule has 0 rings (SSSR count). The van der Waals surface area contributed by atoms with E-state index in [1.807, 2.05) is 19.1 Å². The van der Waals surface area contributed by atoms with E-state index in [0.717, 1.165) is 57.9 Å². The molecule has 0 heterocycles. The van der Waals surface area contributed by atoms with Gasteiger partial charge < -0.3 is 15.1 Å². The summed E-state index contributed by atoms with van der Waals surface area (Å²) in [6, 6.07) is 0.126. The number of nitrogens with one attached hydrogen (secondary N) is 1. The molecule has 0 fully saturated rings. The first-order chi connectivity index (χ1) is 16.8. The van der Waals surface area contributed by atoms with Gasteiger partial charge in [0.2, 0.25) is 5.91 Å². The van der Waals surface area contributed by atoms with E-state index in [4.69, 9.17) is 10.2 Å². The lowest BCUT2D eigenvalue weighted by Crippen LogP contribution is -2.49. The van der Waals surface area contributed by atoms with Crippen LogP contribution in [0.15, 0.2) is 12.2 Å². The van der Waals surface area contributed by atoms with E-state index in [0.29, 0.717) is 25.8 Å². The summed E-state index contributed by atoms with van der Waals surface area (Å²) in [5, 5.41) is 19.9. The van der Waals surface area contributed by atoms with Gasteiger partial charge in [0.15, 0.2) is 0 Å². The van der Waals surface area contributed by atoms with E-state index >= 15 is 0 Å². The van der Waals surface area contributed by atoms with E-state index in [1.165, 1.54) is 19.3 Å². The number of unbranched alkanes of at least 4 members (excludes halogenated alkanes) is 6. The topological polar surface area (TPSA) is 110 Å². The maximum Gasteiger partial charge on any atom is 0.303 e. The molecule has 0 aromatic heterocycles. The van der Waals surface area contributed by atoms with Crippen LogP contribution in [0.4, 0.5) is 0 Å². The van der Waals surface area contributed by atoms with Crippen LogP contribution < -0.4 is 5.43 Å². The fourth-order valence-electron chi connectivity index (χ4n) is 3.99. The molecule has 8 nitrogen and oxygen atoms in total. The predicted octanol–water partition coefficient (Wildman–Crippen LogP) is 5.24. The standard InChI is InChI=1S/C27H51N3O5/c1-4-5-6-7-8-9-11-17-24(18-13-14-21-27(34)35)30(23-15-10-12-20-26(32)33)28-25(31)19-16-22-29(2)3/h8-9,24H,4-7,10-23H2,1-3H3,(H,28,31)(H,32,33)(H,34,35)/b9-8-. The lowest BCUT2D eigenvalue weighted by Gasteiger charge is -2.32. The second kappa shape index (κ2) is 22.5. The molecule has 1 amide bonds. The minimum absolute atomic E-state index is 0.00281. The Morgan fingerprint density at radius 2 is 1.40 bits per heavy atom. The van der Waals surface area contributed by atoms with Gasteiger partial charge in [-0.25, -0.2) is 5.01 Å². The Balaban J connectivity index is 5.05. The Hall–Kier alpha value is -1.93. The van der Waals surface area contributed by atoms with Crippen molar-refractivity contribution in [3.8, 4) is 0 Å². The average molecular weight is 498 g/mol. The van der Waals surface area contributed by atoms with Crippen LogP contribution in [0.3, 0.4) is 0 Å². The highest BCUT2D eigenvalue weighted by molar-refractivity contribution is 5.75. The van der Waals surface area contributed by atoms with E-state index in [1.54, 1.807) is 0 Å². The van der Waals surface area contributed by atoms with Crippen LogP contribution in [0.5, 0.6) is 0 Å². The molecule has 35 heavy (non-hydrogen) atoms. The quantitative estimate of drug-likeness (QED) is 0.0950. The number of carboxylic acids is 2. The van der Waals surface area contributed by atoms with Crippen molar-refractivity contribution in [3.63, 3.8) is 0 Å². The van der Waals surface area contributed by atoms with Crippen LogP contribution in [-0.4, -0.2) is 71.2 Å². The number of hydrogen-bond acceptors (Lipinski definition) is 5. The summed E-state index contributed by atoms with van der Waals surface area (Å²) in [6.45, 7) is 3.72. The summed E-state index contributed by atoms with van der Waals surface area (Å²) in [5.41, 5.74) is 3.13. The summed E-state index contributed by atoms with van der Waals surface area (Å²) in [4.78, 5) is 36.5. The molecule has 0 spiro atoms. The molecular formula is C27H51N3O5. The van der Waals surface area contributed by atoms with Crippen LogP contribution in [0, 0.1) is 0 Å². The molecule has 1 atom stereocenters. The molecule has 1 unspecified atom stereocenters. The van der Waals surface area contributed by atoms with Crippen LogP contribution in [0.1, 0.15) is 110 Å². The Labute approximate surface area is 213 Å². The summed E-state index contributed by atoms with van der Waals surface area (Å²) < 4.78 is 0. The smallest absolute Gasteiger partial charge is 0.303 e. The monoisotopic (exact) mass is 497 g/mol. The number of rotatable bonds is 24. The van der Waals surface area contributed by atoms with Gasteiger partial charge in [0.1, 0.15) is 0 Å². The molecular weight excluding hydrogens is 446 g/mol. The maximum atomic E-state index is 12.7. The zero-order valence-corrected chi connectivity index (χ0v) is 22.5. The second-order valence-electron chi connectivity index (χ2n) is 9.68. The minimum Gasteiger partial charge on any atom is -0.481 e. The first-order valence-electron chi connectivity index (χ1n) is 13.6. The molecule has 0 saturated carbocycles. The summed E-state index contributed by atoms with van der Waals surface area (Å²) in [7, 11) is 3.98. The first-order valence-corrected chi connectivity index (χ1v) is 13.6. The average Bonchev–Trinajstić information content (AvgIpc) is 2.78. The van der Waals surface area contributed by atoms with Gasteiger partial charge in [0.25, 0.3) is 0 Å². The number of allylic oxidation sites excluding steroid dienone is 2. The van der Waals surface area contributed by atoms with Gasteiger partial charge in [-0.2, -0.15) is 0 Å². The van der Waals surface area contributed by atoms with Gasteiger partial charge >= 0.3 is 11.9 Å². The van der Waals surface area contributed by atoms with Crippen molar-refractivity contribution in [3.05, 3.63) is 12.2 Å². The molecule has 0 aliphatic carbocycles. The van der Waals surface area contributed by atoms with Crippen LogP contribution >= 0.6 is 0 Å². The summed E-state index contributed by atoms with van der Waals surface area (Å²) >= 11 is 0. The number of amides is 1. The Morgan fingerprint density at radius 1 is 0.743 bits per heavy atom. The molecule has 0 aromatic rings. The summed E-state index contributed by atoms with van der Waals surface area (Å²) in [5.74, 6) is -1.55. The highest BCUT2D eigenvalue weighted by Gasteiger charge is 2.20. The number of aliphatic carboxylic acids is 2. The number of hydrazine groups is 1. The van der Waals surface area contributed by atoms with Gasteiger partial charge in [-0.3, -0.25) is 19.8 Å². The predicted molar refractivity (Wildman–Crippen MR) is 141 cm³/mol. The molecule has 0 aliphatic rings. The van der Waals surface area contributed by atoms with Gasteiger partial charge in [-0.05, 0) is 78.4 Å². The van der Waals surface area contributed by atoms with Crippen molar-refractivity contribution in [1.82, 2.24) is 15.3 Å². The number of carboxylic acid groups (broad SMARTS) is 2. The SMILES string of the molecule is CCCCC/C=C\CCC(CCCCC(=O)O)N(CCCCCC(=O)O)NC(=O)CCCN(C)C. The molecule has 3 N–H and O–H groups in total. The fourth-order valence-corrected chi connectivity index (χ4v) is 3.99. The normalized spacial score (nSPS) is 12.5. The fraction of sp³-hybridized carbons (Fsp3) is 0.815. The Kier molecular flexibility index (Phi) is 21.3. The van der Waals surface area contributed by atoms with Crippen LogP contribution in [0.2, 0.25) is 0 Å². The highest BCUT2D eigenvalue weighted by Crippen LogP contribution is 2.17. The molecule has 8 heteroatoms. The van der Waals surface area contributed by atoms with E-state index in [-0.39, 0.29) is 24.8 Å². The van der Waals surface area contributed by atoms with Gasteiger partial charge in [-0.1, -0.05) is 44.8 Å². The number of carbonyl (C=O) groups is 3. The highest BCUT2D eigenvalue weighted by atomic mass is 16.4. The zero-order chi connectivity index (χ0) is 26.3. The van der Waals surface area contributed by atoms with Crippen molar-refractivity contribution in [2.24, 2.45) is 0 Å². The zero-order valence-electron chi connectivity index (χ0n) is 22.5. The number of carbonyl (C=O) groups excluding carboxylic acids is 1. The molecule has 0 radical (unpaired) electrons. The summed E-state index contributed by atoms with van der Waals surface area (Å²) in [6.07, 6.45) is 17.1. The van der Waals surface area contributed by atoms with E-state index < -0.39 is 11.9 Å². The molecule has 204 valence electrons. The van der Waals surface area contributed by atoms with Gasteiger partial charge in [0.05, 0.1) is 0 Å². The molecule has 0 aromatic carbocycles. The maximum absolute atomic E-state index is 12.7. The molecule has 0 bridgehead atoms. The van der Waals surface area contributed by atoms with E-state index in [2.05, 4.69) is 29.4 Å². The third-order valence-corrected chi connectivity index (χ3v) is 5.99. The van der Waals surface area contributed by atoms with Crippen molar-refractivity contribution >= 4 is 17.8 Å². The van der Waals surface area contributed by atoms with Gasteiger partial charge in [0, 0.05) is 31.8 Å². The first kappa shape index (κ1) is 33.1. The molecule has 0 aliphatic heterocycles. The lowest BCUT2D eigenvalue weighted by molar-refractivity contribution is -0.138. The van der Waals surface area contributed by atoms with Crippen molar-refractivity contribution in [1.29, 1.82) is 0 Å². The van der Waals surface area contributed by atoms with E-state index in [9.17, 15) is 14.4 Å². The second-order valence-corrected chi connectivity index (χ2v) is 9.68.